The van der Waals surface area contributed by atoms with Crippen molar-refractivity contribution >= 4 is 15.9 Å². The Labute approximate surface area is 122 Å². The highest BCUT2D eigenvalue weighted by Crippen LogP contribution is 2.30. The smallest absolute Gasteiger partial charge is 0.123 e. The Morgan fingerprint density at radius 2 is 2.00 bits per heavy atom. The SMILES string of the molecule is CC(C)N1CCC(O)(Cc2cc(F)ccc2Br)CC1. The van der Waals surface area contributed by atoms with Crippen LogP contribution in [-0.2, 0) is 6.42 Å². The number of benzene rings is 1. The van der Waals surface area contributed by atoms with E-state index in [0.717, 1.165) is 36.0 Å². The average molecular weight is 330 g/mol. The largest absolute Gasteiger partial charge is 0.389 e. The summed E-state index contributed by atoms with van der Waals surface area (Å²) >= 11 is 3.43. The molecule has 0 saturated carbocycles. The highest BCUT2D eigenvalue weighted by Gasteiger charge is 2.33. The van der Waals surface area contributed by atoms with Gasteiger partial charge in [0.05, 0.1) is 5.60 Å². The minimum atomic E-state index is -0.707. The number of piperidine rings is 1. The summed E-state index contributed by atoms with van der Waals surface area (Å²) in [6, 6.07) is 5.16. The quantitative estimate of drug-likeness (QED) is 0.919. The lowest BCUT2D eigenvalue weighted by molar-refractivity contribution is -0.0272. The Morgan fingerprint density at radius 3 is 2.58 bits per heavy atom. The molecule has 2 rings (SSSR count). The van der Waals surface area contributed by atoms with Crippen molar-refractivity contribution in [2.24, 2.45) is 0 Å². The summed E-state index contributed by atoms with van der Waals surface area (Å²) in [5.74, 6) is -0.249. The summed E-state index contributed by atoms with van der Waals surface area (Å²) in [5.41, 5.74) is 0.141. The molecular formula is C15H21BrFNO. The molecule has 0 radical (unpaired) electrons. The molecule has 1 saturated heterocycles. The van der Waals surface area contributed by atoms with Crippen LogP contribution in [0.1, 0.15) is 32.3 Å². The molecule has 1 aliphatic heterocycles. The molecule has 19 heavy (non-hydrogen) atoms. The molecule has 1 fully saturated rings. The number of rotatable bonds is 3. The Bertz CT molecular complexity index is 442. The molecule has 1 aromatic carbocycles. The summed E-state index contributed by atoms with van der Waals surface area (Å²) in [7, 11) is 0. The summed E-state index contributed by atoms with van der Waals surface area (Å²) in [6.07, 6.45) is 2.00. The predicted molar refractivity (Wildman–Crippen MR) is 78.7 cm³/mol. The molecule has 106 valence electrons. The number of aliphatic hydroxyl groups is 1. The zero-order valence-corrected chi connectivity index (χ0v) is 13.1. The van der Waals surface area contributed by atoms with Crippen LogP contribution in [0.25, 0.3) is 0 Å². The van der Waals surface area contributed by atoms with Crippen molar-refractivity contribution in [1.29, 1.82) is 0 Å². The van der Waals surface area contributed by atoms with Crippen LogP contribution in [0, 0.1) is 5.82 Å². The van der Waals surface area contributed by atoms with E-state index < -0.39 is 5.60 Å². The molecule has 0 unspecified atom stereocenters. The molecule has 0 spiro atoms. The number of hydrogen-bond acceptors (Lipinski definition) is 2. The first-order valence-corrected chi connectivity index (χ1v) is 7.59. The van der Waals surface area contributed by atoms with Gasteiger partial charge in [0.2, 0.25) is 0 Å². The lowest BCUT2D eigenvalue weighted by atomic mass is 9.85. The van der Waals surface area contributed by atoms with Crippen molar-refractivity contribution in [2.45, 2.75) is 44.8 Å². The van der Waals surface area contributed by atoms with Crippen LogP contribution in [-0.4, -0.2) is 34.7 Å². The third-order valence-electron chi connectivity index (χ3n) is 3.99. The number of hydrogen-bond donors (Lipinski definition) is 1. The minimum absolute atomic E-state index is 0.249. The van der Waals surface area contributed by atoms with E-state index in [0.29, 0.717) is 12.5 Å². The molecule has 1 aliphatic rings. The van der Waals surface area contributed by atoms with Crippen LogP contribution in [0.4, 0.5) is 4.39 Å². The summed E-state index contributed by atoms with van der Waals surface area (Å²) in [4.78, 5) is 2.37. The van der Waals surface area contributed by atoms with E-state index in [1.165, 1.54) is 12.1 Å². The van der Waals surface area contributed by atoms with E-state index in [4.69, 9.17) is 0 Å². The van der Waals surface area contributed by atoms with Gasteiger partial charge in [0.15, 0.2) is 0 Å². The van der Waals surface area contributed by atoms with E-state index >= 15 is 0 Å². The number of halogens is 2. The molecule has 0 bridgehead atoms. The van der Waals surface area contributed by atoms with Crippen molar-refractivity contribution < 1.29 is 9.50 Å². The van der Waals surface area contributed by atoms with Gasteiger partial charge in [0, 0.05) is 30.0 Å². The van der Waals surface area contributed by atoms with E-state index in [1.807, 2.05) is 0 Å². The zero-order chi connectivity index (χ0) is 14.0. The van der Waals surface area contributed by atoms with Gasteiger partial charge in [-0.3, -0.25) is 0 Å². The first-order chi connectivity index (χ1) is 8.89. The second kappa shape index (κ2) is 5.90. The van der Waals surface area contributed by atoms with Crippen molar-refractivity contribution in [3.63, 3.8) is 0 Å². The van der Waals surface area contributed by atoms with E-state index in [2.05, 4.69) is 34.7 Å². The summed E-state index contributed by atoms with van der Waals surface area (Å²) < 4.78 is 14.2. The Kier molecular flexibility index (Phi) is 4.64. The van der Waals surface area contributed by atoms with Gasteiger partial charge in [-0.25, -0.2) is 4.39 Å². The van der Waals surface area contributed by atoms with Gasteiger partial charge in [-0.05, 0) is 50.5 Å². The predicted octanol–water partition coefficient (Wildman–Crippen LogP) is 3.37. The maximum absolute atomic E-state index is 13.3. The molecule has 2 nitrogen and oxygen atoms in total. The van der Waals surface area contributed by atoms with E-state index in [1.54, 1.807) is 6.07 Å². The second-order valence-electron chi connectivity index (χ2n) is 5.77. The van der Waals surface area contributed by atoms with Gasteiger partial charge in [-0.1, -0.05) is 15.9 Å². The highest BCUT2D eigenvalue weighted by atomic mass is 79.9. The molecule has 1 heterocycles. The maximum Gasteiger partial charge on any atom is 0.123 e. The number of nitrogens with zero attached hydrogens (tertiary/aromatic N) is 1. The Balaban J connectivity index is 2.05. The fourth-order valence-electron chi connectivity index (χ4n) is 2.67. The van der Waals surface area contributed by atoms with E-state index in [-0.39, 0.29) is 5.82 Å². The number of likely N-dealkylation sites (tertiary alicyclic amines) is 1. The molecular weight excluding hydrogens is 309 g/mol. The second-order valence-corrected chi connectivity index (χ2v) is 6.62. The lowest BCUT2D eigenvalue weighted by Crippen LogP contribution is -2.47. The van der Waals surface area contributed by atoms with Gasteiger partial charge in [0.25, 0.3) is 0 Å². The van der Waals surface area contributed by atoms with Gasteiger partial charge < -0.3 is 10.0 Å². The fraction of sp³-hybridized carbons (Fsp3) is 0.600. The highest BCUT2D eigenvalue weighted by molar-refractivity contribution is 9.10. The van der Waals surface area contributed by atoms with Crippen LogP contribution in [0.5, 0.6) is 0 Å². The molecule has 0 aromatic heterocycles. The van der Waals surface area contributed by atoms with Crippen molar-refractivity contribution in [2.75, 3.05) is 13.1 Å². The van der Waals surface area contributed by atoms with Gasteiger partial charge >= 0.3 is 0 Å². The molecule has 1 N–H and O–H groups in total. The van der Waals surface area contributed by atoms with Crippen LogP contribution in [0.3, 0.4) is 0 Å². The van der Waals surface area contributed by atoms with Crippen LogP contribution in [0.15, 0.2) is 22.7 Å². The first kappa shape index (κ1) is 14.9. The van der Waals surface area contributed by atoms with Crippen molar-refractivity contribution in [1.82, 2.24) is 4.90 Å². The van der Waals surface area contributed by atoms with Crippen molar-refractivity contribution in [3.05, 3.63) is 34.1 Å². The molecule has 0 amide bonds. The minimum Gasteiger partial charge on any atom is -0.389 e. The standard InChI is InChI=1S/C15H21BrFNO/c1-11(2)18-7-5-15(19,6-8-18)10-12-9-13(17)3-4-14(12)16/h3-4,9,11,19H,5-8,10H2,1-2H3. The fourth-order valence-corrected chi connectivity index (χ4v) is 3.05. The Hall–Kier alpha value is -0.450. The third kappa shape index (κ3) is 3.77. The molecule has 4 heteroatoms. The maximum atomic E-state index is 13.3. The van der Waals surface area contributed by atoms with Crippen LogP contribution in [0.2, 0.25) is 0 Å². The molecule has 0 atom stereocenters. The van der Waals surface area contributed by atoms with Crippen molar-refractivity contribution in [3.8, 4) is 0 Å². The van der Waals surface area contributed by atoms with Gasteiger partial charge in [-0.2, -0.15) is 0 Å². The van der Waals surface area contributed by atoms with E-state index in [9.17, 15) is 9.50 Å². The van der Waals surface area contributed by atoms with Crippen LogP contribution < -0.4 is 0 Å². The average Bonchev–Trinajstić information content (AvgIpc) is 2.34. The first-order valence-electron chi connectivity index (χ1n) is 6.80. The lowest BCUT2D eigenvalue weighted by Gasteiger charge is -2.40. The zero-order valence-electron chi connectivity index (χ0n) is 11.5. The Morgan fingerprint density at radius 1 is 1.37 bits per heavy atom. The van der Waals surface area contributed by atoms with Crippen LogP contribution >= 0.6 is 15.9 Å². The monoisotopic (exact) mass is 329 g/mol. The topological polar surface area (TPSA) is 23.5 Å². The third-order valence-corrected chi connectivity index (χ3v) is 4.76. The molecule has 0 aliphatic carbocycles. The van der Waals surface area contributed by atoms with Gasteiger partial charge in [-0.15, -0.1) is 0 Å². The summed E-state index contributed by atoms with van der Waals surface area (Å²) in [6.45, 7) is 6.16. The summed E-state index contributed by atoms with van der Waals surface area (Å²) in [5, 5.41) is 10.7. The normalized spacial score (nSPS) is 19.9. The van der Waals surface area contributed by atoms with Gasteiger partial charge in [0.1, 0.15) is 5.82 Å². The molecule has 1 aromatic rings.